The van der Waals surface area contributed by atoms with Crippen molar-refractivity contribution in [3.05, 3.63) is 34.0 Å². The molecule has 0 saturated heterocycles. The van der Waals surface area contributed by atoms with Gasteiger partial charge in [0, 0.05) is 11.1 Å². The quantitative estimate of drug-likeness (QED) is 0.934. The summed E-state index contributed by atoms with van der Waals surface area (Å²) in [6, 6.07) is 4.69. The third-order valence-electron chi connectivity index (χ3n) is 2.42. The maximum absolute atomic E-state index is 13.4. The average molecular weight is 300 g/mol. The summed E-state index contributed by atoms with van der Waals surface area (Å²) in [6.07, 6.45) is 0. The van der Waals surface area contributed by atoms with Gasteiger partial charge in [-0.1, -0.05) is 35.1 Å². The van der Waals surface area contributed by atoms with Crippen LogP contribution in [-0.2, 0) is 6.54 Å². The number of aromatic nitrogens is 2. The first-order chi connectivity index (χ1) is 8.87. The van der Waals surface area contributed by atoms with E-state index in [4.69, 9.17) is 11.6 Å². The van der Waals surface area contributed by atoms with Gasteiger partial charge in [-0.25, -0.2) is 4.39 Å². The van der Waals surface area contributed by atoms with Crippen LogP contribution in [0.3, 0.4) is 0 Å². The lowest BCUT2D eigenvalue weighted by Gasteiger charge is -2.19. The molecule has 0 fully saturated rings. The predicted molar refractivity (Wildman–Crippen MR) is 76.9 cm³/mol. The molecule has 0 saturated carbocycles. The molecule has 2 aromatic rings. The van der Waals surface area contributed by atoms with Crippen LogP contribution in [0.4, 0.5) is 4.39 Å². The highest BCUT2D eigenvalue weighted by atomic mass is 35.5. The summed E-state index contributed by atoms with van der Waals surface area (Å²) in [5, 5.41) is 13.1. The highest BCUT2D eigenvalue weighted by Crippen LogP contribution is 2.31. The standard InChI is InChI=1S/C13H15ClFN3S/c1-13(2,3)16-7-10-17-18-12(19-10)8-5-4-6-9(15)11(8)14/h4-6,16H,7H2,1-3H3. The van der Waals surface area contributed by atoms with Gasteiger partial charge < -0.3 is 5.32 Å². The molecule has 19 heavy (non-hydrogen) atoms. The predicted octanol–water partition coefficient (Wildman–Crippen LogP) is 3.89. The molecule has 1 aromatic heterocycles. The molecule has 102 valence electrons. The van der Waals surface area contributed by atoms with Crippen molar-refractivity contribution >= 4 is 22.9 Å². The van der Waals surface area contributed by atoms with Crippen molar-refractivity contribution in [3.8, 4) is 10.6 Å². The number of benzene rings is 1. The fourth-order valence-corrected chi connectivity index (χ4v) is 2.53. The molecule has 0 aliphatic heterocycles. The third kappa shape index (κ3) is 3.72. The Balaban J connectivity index is 2.19. The van der Waals surface area contributed by atoms with Crippen LogP contribution in [0.2, 0.25) is 5.02 Å². The molecule has 0 atom stereocenters. The summed E-state index contributed by atoms with van der Waals surface area (Å²) in [5.41, 5.74) is 0.601. The van der Waals surface area contributed by atoms with Crippen LogP contribution in [0.5, 0.6) is 0 Å². The van der Waals surface area contributed by atoms with Gasteiger partial charge in [0.1, 0.15) is 15.8 Å². The molecule has 1 heterocycles. The Bertz CT molecular complexity index is 578. The molecule has 0 bridgehead atoms. The zero-order valence-electron chi connectivity index (χ0n) is 11.0. The molecule has 1 N–H and O–H groups in total. The summed E-state index contributed by atoms with van der Waals surface area (Å²) in [4.78, 5) is 0. The van der Waals surface area contributed by atoms with Crippen molar-refractivity contribution in [2.75, 3.05) is 0 Å². The molecular formula is C13H15ClFN3S. The second-order valence-electron chi connectivity index (χ2n) is 5.21. The molecule has 0 aliphatic carbocycles. The van der Waals surface area contributed by atoms with Crippen molar-refractivity contribution in [1.29, 1.82) is 0 Å². The normalized spacial score (nSPS) is 11.8. The van der Waals surface area contributed by atoms with E-state index in [0.29, 0.717) is 17.1 Å². The smallest absolute Gasteiger partial charge is 0.149 e. The Morgan fingerprint density at radius 2 is 2.05 bits per heavy atom. The van der Waals surface area contributed by atoms with E-state index in [0.717, 1.165) is 5.01 Å². The Morgan fingerprint density at radius 3 is 2.74 bits per heavy atom. The first-order valence-corrected chi connectivity index (χ1v) is 7.08. The molecule has 0 radical (unpaired) electrons. The molecular weight excluding hydrogens is 285 g/mol. The van der Waals surface area contributed by atoms with E-state index in [-0.39, 0.29) is 10.6 Å². The lowest BCUT2D eigenvalue weighted by Crippen LogP contribution is -2.35. The van der Waals surface area contributed by atoms with E-state index in [1.54, 1.807) is 12.1 Å². The minimum atomic E-state index is -0.441. The van der Waals surface area contributed by atoms with Gasteiger partial charge in [0.25, 0.3) is 0 Å². The highest BCUT2D eigenvalue weighted by Gasteiger charge is 2.14. The number of halogens is 2. The second kappa shape index (κ2) is 5.53. The maximum Gasteiger partial charge on any atom is 0.149 e. The van der Waals surface area contributed by atoms with E-state index in [2.05, 4.69) is 36.3 Å². The number of hydrogen-bond acceptors (Lipinski definition) is 4. The van der Waals surface area contributed by atoms with Crippen LogP contribution < -0.4 is 5.32 Å². The van der Waals surface area contributed by atoms with E-state index < -0.39 is 5.82 Å². The van der Waals surface area contributed by atoms with E-state index in [1.165, 1.54) is 17.4 Å². The van der Waals surface area contributed by atoms with Crippen LogP contribution in [0, 0.1) is 5.82 Å². The van der Waals surface area contributed by atoms with Gasteiger partial charge >= 0.3 is 0 Å². The average Bonchev–Trinajstić information content (AvgIpc) is 2.78. The lowest BCUT2D eigenvalue weighted by atomic mass is 10.1. The van der Waals surface area contributed by atoms with Gasteiger partial charge in [-0.05, 0) is 26.8 Å². The monoisotopic (exact) mass is 299 g/mol. The van der Waals surface area contributed by atoms with E-state index >= 15 is 0 Å². The van der Waals surface area contributed by atoms with Crippen molar-refractivity contribution in [2.45, 2.75) is 32.9 Å². The second-order valence-corrected chi connectivity index (χ2v) is 6.65. The van der Waals surface area contributed by atoms with Crippen LogP contribution in [0.25, 0.3) is 10.6 Å². The van der Waals surface area contributed by atoms with Crippen molar-refractivity contribution in [2.24, 2.45) is 0 Å². The Kier molecular flexibility index (Phi) is 4.18. The van der Waals surface area contributed by atoms with Gasteiger partial charge in [-0.3, -0.25) is 0 Å². The topological polar surface area (TPSA) is 37.8 Å². The highest BCUT2D eigenvalue weighted by molar-refractivity contribution is 7.14. The lowest BCUT2D eigenvalue weighted by molar-refractivity contribution is 0.423. The van der Waals surface area contributed by atoms with Crippen molar-refractivity contribution in [3.63, 3.8) is 0 Å². The Hall–Kier alpha value is -1.04. The molecule has 3 nitrogen and oxygen atoms in total. The first-order valence-electron chi connectivity index (χ1n) is 5.88. The van der Waals surface area contributed by atoms with Crippen molar-refractivity contribution in [1.82, 2.24) is 15.5 Å². The van der Waals surface area contributed by atoms with Gasteiger partial charge in [0.2, 0.25) is 0 Å². The molecule has 1 aromatic carbocycles. The van der Waals surface area contributed by atoms with Crippen LogP contribution in [-0.4, -0.2) is 15.7 Å². The molecule has 0 spiro atoms. The summed E-state index contributed by atoms with van der Waals surface area (Å²) in [7, 11) is 0. The fourth-order valence-electron chi connectivity index (χ4n) is 1.44. The Labute approximate surface area is 120 Å². The first kappa shape index (κ1) is 14.4. The largest absolute Gasteiger partial charge is 0.306 e. The minimum Gasteiger partial charge on any atom is -0.306 e. The summed E-state index contributed by atoms with van der Waals surface area (Å²) in [5.74, 6) is -0.441. The van der Waals surface area contributed by atoms with Gasteiger partial charge in [0.15, 0.2) is 0 Å². The van der Waals surface area contributed by atoms with Crippen LogP contribution >= 0.6 is 22.9 Å². The fraction of sp³-hybridized carbons (Fsp3) is 0.385. The van der Waals surface area contributed by atoms with Gasteiger partial charge in [0.05, 0.1) is 11.6 Å². The summed E-state index contributed by atoms with van der Waals surface area (Å²) < 4.78 is 13.4. The third-order valence-corrected chi connectivity index (χ3v) is 3.76. The zero-order valence-corrected chi connectivity index (χ0v) is 12.6. The van der Waals surface area contributed by atoms with Gasteiger partial charge in [-0.2, -0.15) is 0 Å². The minimum absolute atomic E-state index is 0.0162. The molecule has 0 unspecified atom stereocenters. The number of rotatable bonds is 3. The molecule has 0 aliphatic rings. The SMILES string of the molecule is CC(C)(C)NCc1nnc(-c2cccc(F)c2Cl)s1. The van der Waals surface area contributed by atoms with E-state index in [9.17, 15) is 4.39 Å². The number of nitrogens with one attached hydrogen (secondary N) is 1. The Morgan fingerprint density at radius 1 is 1.32 bits per heavy atom. The molecule has 0 amide bonds. The molecule has 2 rings (SSSR count). The number of hydrogen-bond donors (Lipinski definition) is 1. The van der Waals surface area contributed by atoms with Crippen molar-refractivity contribution < 1.29 is 4.39 Å². The maximum atomic E-state index is 13.4. The summed E-state index contributed by atoms with van der Waals surface area (Å²) in [6.45, 7) is 6.88. The van der Waals surface area contributed by atoms with E-state index in [1.807, 2.05) is 0 Å². The van der Waals surface area contributed by atoms with Crippen LogP contribution in [0.1, 0.15) is 25.8 Å². The zero-order chi connectivity index (χ0) is 14.0. The van der Waals surface area contributed by atoms with Gasteiger partial charge in [-0.15, -0.1) is 10.2 Å². The summed E-state index contributed by atoms with van der Waals surface area (Å²) >= 11 is 7.35. The molecule has 6 heteroatoms. The number of nitrogens with zero attached hydrogens (tertiary/aromatic N) is 2. The van der Waals surface area contributed by atoms with Crippen LogP contribution in [0.15, 0.2) is 18.2 Å².